The van der Waals surface area contributed by atoms with Crippen molar-refractivity contribution in [3.63, 3.8) is 0 Å². The minimum atomic E-state index is -0.508. The van der Waals surface area contributed by atoms with E-state index in [2.05, 4.69) is 45.0 Å². The van der Waals surface area contributed by atoms with E-state index in [-0.39, 0.29) is 23.5 Å². The van der Waals surface area contributed by atoms with E-state index < -0.39 is 5.60 Å². The van der Waals surface area contributed by atoms with Gasteiger partial charge in [-0.05, 0) is 66.4 Å². The highest BCUT2D eigenvalue weighted by Gasteiger charge is 2.36. The molecule has 0 spiro atoms. The van der Waals surface area contributed by atoms with Gasteiger partial charge in [0.1, 0.15) is 5.60 Å². The topological polar surface area (TPSA) is 67.7 Å². The van der Waals surface area contributed by atoms with E-state index in [0.29, 0.717) is 24.6 Å². The molecule has 2 aliphatic heterocycles. The van der Waals surface area contributed by atoms with Crippen LogP contribution in [0.1, 0.15) is 94.3 Å². The minimum absolute atomic E-state index is 0.0727. The number of nitrogens with zero attached hydrogens (tertiary/aromatic N) is 4. The molecule has 190 valence electrons. The second-order valence-electron chi connectivity index (χ2n) is 11.9. The molecule has 0 N–H and O–H groups in total. The summed E-state index contributed by atoms with van der Waals surface area (Å²) in [5.41, 5.74) is 2.26. The van der Waals surface area contributed by atoms with Crippen LogP contribution in [0, 0.1) is 0 Å². The number of likely N-dealkylation sites (tertiary alicyclic amines) is 2. The van der Waals surface area contributed by atoms with Crippen LogP contribution in [0.5, 0.6) is 0 Å². The van der Waals surface area contributed by atoms with Crippen LogP contribution in [-0.4, -0.2) is 63.4 Å². The Bertz CT molecular complexity index is 1040. The summed E-state index contributed by atoms with van der Waals surface area (Å²) in [7, 11) is 0. The number of amides is 2. The van der Waals surface area contributed by atoms with Gasteiger partial charge >= 0.3 is 6.09 Å². The highest BCUT2D eigenvalue weighted by Crippen LogP contribution is 2.36. The SMILES string of the molecule is CC(C)(C)OC(=O)N1CCC(c2c(C(=O)N3CCC(c4ccccc4)C3)cnn2C(C)(C)C)CC1. The van der Waals surface area contributed by atoms with Gasteiger partial charge in [-0.15, -0.1) is 0 Å². The smallest absolute Gasteiger partial charge is 0.410 e. The van der Waals surface area contributed by atoms with Gasteiger partial charge < -0.3 is 14.5 Å². The van der Waals surface area contributed by atoms with E-state index in [0.717, 1.165) is 38.0 Å². The van der Waals surface area contributed by atoms with Gasteiger partial charge in [-0.3, -0.25) is 9.48 Å². The molecule has 1 aromatic carbocycles. The Labute approximate surface area is 209 Å². The van der Waals surface area contributed by atoms with Crippen molar-refractivity contribution >= 4 is 12.0 Å². The average Bonchev–Trinajstić information content (AvgIpc) is 3.46. The number of aromatic nitrogens is 2. The number of rotatable bonds is 3. The van der Waals surface area contributed by atoms with Gasteiger partial charge in [-0.1, -0.05) is 30.3 Å². The maximum Gasteiger partial charge on any atom is 0.410 e. The Kier molecular flexibility index (Phi) is 6.98. The summed E-state index contributed by atoms with van der Waals surface area (Å²) in [5.74, 6) is 0.615. The fourth-order valence-electron chi connectivity index (χ4n) is 5.22. The number of ether oxygens (including phenoxy) is 1. The van der Waals surface area contributed by atoms with E-state index in [4.69, 9.17) is 9.84 Å². The normalized spacial score (nSPS) is 19.8. The molecule has 7 heteroatoms. The molecule has 2 amide bonds. The molecule has 7 nitrogen and oxygen atoms in total. The Morgan fingerprint density at radius 3 is 2.09 bits per heavy atom. The molecule has 0 radical (unpaired) electrons. The molecule has 1 aromatic heterocycles. The maximum absolute atomic E-state index is 13.7. The zero-order valence-corrected chi connectivity index (χ0v) is 22.1. The first-order chi connectivity index (χ1) is 16.4. The van der Waals surface area contributed by atoms with Crippen molar-refractivity contribution in [2.45, 2.75) is 83.8 Å². The number of carbonyl (C=O) groups is 2. The Hall–Kier alpha value is -2.83. The van der Waals surface area contributed by atoms with Crippen LogP contribution in [0.2, 0.25) is 0 Å². The standard InChI is InChI=1S/C28H40N4O3/c1-27(2,3)32-24(21-12-15-30(16-13-21)26(34)35-28(4,5)6)23(18-29-32)25(33)31-17-14-22(19-31)20-10-8-7-9-11-20/h7-11,18,21-22H,12-17,19H2,1-6H3. The third-order valence-electron chi connectivity index (χ3n) is 6.95. The quantitative estimate of drug-likeness (QED) is 0.591. The summed E-state index contributed by atoms with van der Waals surface area (Å²) in [6, 6.07) is 10.5. The monoisotopic (exact) mass is 480 g/mol. The van der Waals surface area contributed by atoms with Crippen LogP contribution in [0.4, 0.5) is 4.79 Å². The molecule has 4 rings (SSSR count). The lowest BCUT2D eigenvalue weighted by atomic mass is 9.90. The van der Waals surface area contributed by atoms with Crippen LogP contribution in [0.25, 0.3) is 0 Å². The van der Waals surface area contributed by atoms with Crippen LogP contribution in [0.3, 0.4) is 0 Å². The Balaban J connectivity index is 1.52. The minimum Gasteiger partial charge on any atom is -0.444 e. The zero-order chi connectivity index (χ0) is 25.4. The number of carbonyl (C=O) groups excluding carboxylic acids is 2. The van der Waals surface area contributed by atoms with Crippen LogP contribution in [0.15, 0.2) is 36.5 Å². The summed E-state index contributed by atoms with van der Waals surface area (Å²) < 4.78 is 7.59. The summed E-state index contributed by atoms with van der Waals surface area (Å²) in [4.78, 5) is 30.1. The number of hydrogen-bond acceptors (Lipinski definition) is 4. The van der Waals surface area contributed by atoms with Crippen molar-refractivity contribution in [3.8, 4) is 0 Å². The van der Waals surface area contributed by atoms with Crippen LogP contribution < -0.4 is 0 Å². The first-order valence-corrected chi connectivity index (χ1v) is 12.8. The van der Waals surface area contributed by atoms with Gasteiger partial charge in [0.15, 0.2) is 0 Å². The first-order valence-electron chi connectivity index (χ1n) is 12.8. The number of benzene rings is 1. The second kappa shape index (κ2) is 9.67. The van der Waals surface area contributed by atoms with Crippen molar-refractivity contribution in [2.75, 3.05) is 26.2 Å². The highest BCUT2D eigenvalue weighted by atomic mass is 16.6. The lowest BCUT2D eigenvalue weighted by Crippen LogP contribution is -2.42. The van der Waals surface area contributed by atoms with E-state index in [9.17, 15) is 9.59 Å². The molecule has 1 atom stereocenters. The molecular formula is C28H40N4O3. The molecule has 0 saturated carbocycles. The molecule has 35 heavy (non-hydrogen) atoms. The maximum atomic E-state index is 13.7. The average molecular weight is 481 g/mol. The molecule has 0 aliphatic carbocycles. The third-order valence-corrected chi connectivity index (χ3v) is 6.95. The van der Waals surface area contributed by atoms with Gasteiger partial charge in [0.2, 0.25) is 0 Å². The van der Waals surface area contributed by atoms with Gasteiger partial charge in [0.25, 0.3) is 5.91 Å². The van der Waals surface area contributed by atoms with E-state index in [1.165, 1.54) is 5.56 Å². The molecule has 1 unspecified atom stereocenters. The van der Waals surface area contributed by atoms with Gasteiger partial charge in [-0.25, -0.2) is 4.79 Å². The molecule has 2 aromatic rings. The van der Waals surface area contributed by atoms with E-state index >= 15 is 0 Å². The third kappa shape index (κ3) is 5.71. The first kappa shape index (κ1) is 25.3. The molecule has 2 saturated heterocycles. The van der Waals surface area contributed by atoms with Gasteiger partial charge in [-0.2, -0.15) is 5.10 Å². The molecule has 0 bridgehead atoms. The number of hydrogen-bond donors (Lipinski definition) is 0. The fourth-order valence-corrected chi connectivity index (χ4v) is 5.22. The molecular weight excluding hydrogens is 440 g/mol. The molecule has 2 fully saturated rings. The van der Waals surface area contributed by atoms with Crippen molar-refractivity contribution in [1.82, 2.24) is 19.6 Å². The summed E-state index contributed by atoms with van der Waals surface area (Å²) in [5, 5.41) is 4.70. The van der Waals surface area contributed by atoms with E-state index in [1.54, 1.807) is 11.1 Å². The lowest BCUT2D eigenvalue weighted by Gasteiger charge is -2.35. The predicted molar refractivity (Wildman–Crippen MR) is 137 cm³/mol. The van der Waals surface area contributed by atoms with Crippen molar-refractivity contribution < 1.29 is 14.3 Å². The number of piperidine rings is 1. The fraction of sp³-hybridized carbons (Fsp3) is 0.607. The highest BCUT2D eigenvalue weighted by molar-refractivity contribution is 5.95. The molecule has 2 aliphatic rings. The van der Waals surface area contributed by atoms with Crippen molar-refractivity contribution in [1.29, 1.82) is 0 Å². The molecule has 3 heterocycles. The van der Waals surface area contributed by atoms with Crippen LogP contribution >= 0.6 is 0 Å². The second-order valence-corrected chi connectivity index (χ2v) is 11.9. The summed E-state index contributed by atoms with van der Waals surface area (Å²) >= 11 is 0. The predicted octanol–water partition coefficient (Wildman–Crippen LogP) is 5.38. The largest absolute Gasteiger partial charge is 0.444 e. The van der Waals surface area contributed by atoms with Crippen molar-refractivity contribution in [2.24, 2.45) is 0 Å². The van der Waals surface area contributed by atoms with Crippen LogP contribution in [-0.2, 0) is 10.3 Å². The van der Waals surface area contributed by atoms with Gasteiger partial charge in [0.05, 0.1) is 23.0 Å². The summed E-state index contributed by atoms with van der Waals surface area (Å²) in [6.07, 6.45) is 4.05. The van der Waals surface area contributed by atoms with E-state index in [1.807, 2.05) is 36.4 Å². The zero-order valence-electron chi connectivity index (χ0n) is 22.1. The Morgan fingerprint density at radius 2 is 1.49 bits per heavy atom. The summed E-state index contributed by atoms with van der Waals surface area (Å²) in [6.45, 7) is 14.7. The Morgan fingerprint density at radius 1 is 0.886 bits per heavy atom. The van der Waals surface area contributed by atoms with Gasteiger partial charge in [0, 0.05) is 38.0 Å². The van der Waals surface area contributed by atoms with Crippen molar-refractivity contribution in [3.05, 3.63) is 53.3 Å². The lowest BCUT2D eigenvalue weighted by molar-refractivity contribution is 0.0201.